The van der Waals surface area contributed by atoms with Crippen LogP contribution in [0.4, 0.5) is 0 Å². The fourth-order valence-electron chi connectivity index (χ4n) is 1.24. The number of carboxylic acids is 1. The molecular weight excluding hydrogens is 304 g/mol. The van der Waals surface area contributed by atoms with Crippen LogP contribution in [0.15, 0.2) is 12.2 Å². The first-order valence-electron chi connectivity index (χ1n) is 6.24. The summed E-state index contributed by atoms with van der Waals surface area (Å²) in [5.41, 5.74) is 0.164. The molecular formula is C13H19ClO7. The summed E-state index contributed by atoms with van der Waals surface area (Å²) in [4.78, 5) is 33.0. The van der Waals surface area contributed by atoms with Crippen molar-refractivity contribution in [2.24, 2.45) is 0 Å². The van der Waals surface area contributed by atoms with Gasteiger partial charge in [-0.3, -0.25) is 9.59 Å². The molecule has 0 saturated heterocycles. The van der Waals surface area contributed by atoms with Crippen molar-refractivity contribution in [2.75, 3.05) is 12.5 Å². The van der Waals surface area contributed by atoms with Crippen LogP contribution in [0, 0.1) is 0 Å². The molecule has 2 atom stereocenters. The van der Waals surface area contributed by atoms with E-state index in [0.29, 0.717) is 0 Å². The van der Waals surface area contributed by atoms with Gasteiger partial charge in [-0.15, -0.1) is 11.6 Å². The SMILES string of the molecule is C=C(C)C(=O)OC(COC(=O)CCC(=O)O)CC(O)CCl. The minimum atomic E-state index is -1.12. The lowest BCUT2D eigenvalue weighted by Gasteiger charge is -2.20. The molecule has 0 aliphatic rings. The van der Waals surface area contributed by atoms with Crippen molar-refractivity contribution < 1.29 is 34.1 Å². The lowest BCUT2D eigenvalue weighted by molar-refractivity contribution is -0.158. The second kappa shape index (κ2) is 10.2. The molecule has 21 heavy (non-hydrogen) atoms. The van der Waals surface area contributed by atoms with Gasteiger partial charge in [-0.05, 0) is 6.92 Å². The van der Waals surface area contributed by atoms with E-state index in [1.165, 1.54) is 6.92 Å². The predicted octanol–water partition coefficient (Wildman–Crippen LogP) is 0.872. The van der Waals surface area contributed by atoms with Crippen molar-refractivity contribution in [1.82, 2.24) is 0 Å². The number of alkyl halides is 1. The van der Waals surface area contributed by atoms with Crippen LogP contribution in [0.3, 0.4) is 0 Å². The molecule has 8 heteroatoms. The third-order valence-corrected chi connectivity index (χ3v) is 2.66. The van der Waals surface area contributed by atoms with Gasteiger partial charge in [-0.2, -0.15) is 0 Å². The van der Waals surface area contributed by atoms with E-state index in [4.69, 9.17) is 26.2 Å². The number of aliphatic hydroxyl groups excluding tert-OH is 1. The number of halogens is 1. The van der Waals surface area contributed by atoms with Crippen molar-refractivity contribution in [2.45, 2.75) is 38.4 Å². The molecule has 120 valence electrons. The first-order chi connectivity index (χ1) is 9.76. The Morgan fingerprint density at radius 3 is 2.38 bits per heavy atom. The van der Waals surface area contributed by atoms with E-state index >= 15 is 0 Å². The maximum Gasteiger partial charge on any atom is 0.333 e. The summed E-state index contributed by atoms with van der Waals surface area (Å²) >= 11 is 5.46. The zero-order chi connectivity index (χ0) is 16.4. The molecule has 2 unspecified atom stereocenters. The van der Waals surface area contributed by atoms with E-state index in [1.54, 1.807) is 0 Å². The average Bonchev–Trinajstić information content (AvgIpc) is 2.41. The Labute approximate surface area is 127 Å². The molecule has 0 bridgehead atoms. The minimum absolute atomic E-state index is 0.00523. The molecule has 0 rings (SSSR count). The van der Waals surface area contributed by atoms with Gasteiger partial charge in [0.1, 0.15) is 12.7 Å². The third kappa shape index (κ3) is 9.86. The van der Waals surface area contributed by atoms with Gasteiger partial charge in [0.05, 0.1) is 18.9 Å². The van der Waals surface area contributed by atoms with Crippen LogP contribution < -0.4 is 0 Å². The standard InChI is InChI=1S/C13H19ClO7/c1-8(2)13(19)21-10(5-9(15)6-14)7-20-12(18)4-3-11(16)17/h9-10,15H,1,3-7H2,2H3,(H,16,17). The molecule has 0 aromatic rings. The van der Waals surface area contributed by atoms with Gasteiger partial charge in [-0.1, -0.05) is 6.58 Å². The summed E-state index contributed by atoms with van der Waals surface area (Å²) in [5.74, 6) is -2.58. The van der Waals surface area contributed by atoms with Gasteiger partial charge in [0, 0.05) is 17.9 Å². The van der Waals surface area contributed by atoms with Gasteiger partial charge < -0.3 is 19.7 Å². The molecule has 0 amide bonds. The molecule has 0 aromatic carbocycles. The highest BCUT2D eigenvalue weighted by Crippen LogP contribution is 2.09. The van der Waals surface area contributed by atoms with E-state index in [2.05, 4.69) is 6.58 Å². The summed E-state index contributed by atoms with van der Waals surface area (Å²) in [5, 5.41) is 17.9. The Morgan fingerprint density at radius 2 is 1.90 bits per heavy atom. The number of hydrogen-bond donors (Lipinski definition) is 2. The fraction of sp³-hybridized carbons (Fsp3) is 0.615. The van der Waals surface area contributed by atoms with Crippen molar-refractivity contribution >= 4 is 29.5 Å². The quantitative estimate of drug-likeness (QED) is 0.349. The van der Waals surface area contributed by atoms with Crippen LogP contribution in [-0.4, -0.2) is 52.8 Å². The molecule has 0 heterocycles. The lowest BCUT2D eigenvalue weighted by atomic mass is 10.2. The number of carbonyl (C=O) groups excluding carboxylic acids is 2. The second-order valence-corrected chi connectivity index (χ2v) is 4.74. The van der Waals surface area contributed by atoms with Crippen molar-refractivity contribution in [3.63, 3.8) is 0 Å². The minimum Gasteiger partial charge on any atom is -0.481 e. The van der Waals surface area contributed by atoms with Gasteiger partial charge >= 0.3 is 17.9 Å². The smallest absolute Gasteiger partial charge is 0.333 e. The number of esters is 2. The van der Waals surface area contributed by atoms with Gasteiger partial charge in [-0.25, -0.2) is 4.79 Å². The highest BCUT2D eigenvalue weighted by atomic mass is 35.5. The van der Waals surface area contributed by atoms with E-state index in [0.717, 1.165) is 0 Å². The summed E-state index contributed by atoms with van der Waals surface area (Å²) in [6.07, 6.45) is -2.44. The maximum atomic E-state index is 11.4. The molecule has 7 nitrogen and oxygen atoms in total. The van der Waals surface area contributed by atoms with Crippen molar-refractivity contribution in [1.29, 1.82) is 0 Å². The Morgan fingerprint density at radius 1 is 1.29 bits per heavy atom. The van der Waals surface area contributed by atoms with E-state index in [9.17, 15) is 19.5 Å². The summed E-state index contributed by atoms with van der Waals surface area (Å²) in [6.45, 7) is 4.58. The number of rotatable bonds is 10. The van der Waals surface area contributed by atoms with Crippen LogP contribution in [0.1, 0.15) is 26.2 Å². The van der Waals surface area contributed by atoms with Crippen molar-refractivity contribution in [3.05, 3.63) is 12.2 Å². The Kier molecular flexibility index (Phi) is 9.40. The largest absolute Gasteiger partial charge is 0.481 e. The highest BCUT2D eigenvalue weighted by molar-refractivity contribution is 6.18. The normalized spacial score (nSPS) is 13.1. The van der Waals surface area contributed by atoms with E-state index in [-0.39, 0.29) is 37.3 Å². The number of aliphatic carboxylic acids is 1. The molecule has 0 spiro atoms. The zero-order valence-corrected chi connectivity index (χ0v) is 12.5. The Hall–Kier alpha value is -1.60. The first-order valence-corrected chi connectivity index (χ1v) is 6.77. The molecule has 0 radical (unpaired) electrons. The summed E-state index contributed by atoms with van der Waals surface area (Å²) in [7, 11) is 0. The third-order valence-electron chi connectivity index (χ3n) is 2.31. The van der Waals surface area contributed by atoms with Crippen LogP contribution in [0.5, 0.6) is 0 Å². The van der Waals surface area contributed by atoms with Gasteiger partial charge in [0.25, 0.3) is 0 Å². The average molecular weight is 323 g/mol. The number of ether oxygens (including phenoxy) is 2. The van der Waals surface area contributed by atoms with Crippen LogP contribution >= 0.6 is 11.6 Å². The summed E-state index contributed by atoms with van der Waals surface area (Å²) in [6, 6.07) is 0. The van der Waals surface area contributed by atoms with Gasteiger partial charge in [0.2, 0.25) is 0 Å². The number of aliphatic hydroxyl groups is 1. The number of carbonyl (C=O) groups is 3. The Bertz CT molecular complexity index is 394. The van der Waals surface area contributed by atoms with Crippen molar-refractivity contribution in [3.8, 4) is 0 Å². The monoisotopic (exact) mass is 322 g/mol. The van der Waals surface area contributed by atoms with E-state index in [1.807, 2.05) is 0 Å². The molecule has 2 N–H and O–H groups in total. The molecule has 0 aromatic heterocycles. The molecule has 0 aliphatic carbocycles. The second-order valence-electron chi connectivity index (χ2n) is 4.43. The lowest BCUT2D eigenvalue weighted by Crippen LogP contribution is -2.30. The van der Waals surface area contributed by atoms with Gasteiger partial charge in [0.15, 0.2) is 0 Å². The number of carboxylic acid groups (broad SMARTS) is 1. The predicted molar refractivity (Wildman–Crippen MR) is 73.9 cm³/mol. The van der Waals surface area contributed by atoms with E-state index < -0.39 is 30.1 Å². The van der Waals surface area contributed by atoms with Crippen LogP contribution in [0.25, 0.3) is 0 Å². The maximum absolute atomic E-state index is 11.4. The van der Waals surface area contributed by atoms with Crippen LogP contribution in [-0.2, 0) is 23.9 Å². The zero-order valence-electron chi connectivity index (χ0n) is 11.7. The fourth-order valence-corrected chi connectivity index (χ4v) is 1.36. The summed E-state index contributed by atoms with van der Waals surface area (Å²) < 4.78 is 9.83. The highest BCUT2D eigenvalue weighted by Gasteiger charge is 2.21. The first kappa shape index (κ1) is 19.4. The molecule has 0 saturated carbocycles. The Balaban J connectivity index is 4.38. The molecule has 0 fully saturated rings. The molecule has 0 aliphatic heterocycles. The number of hydrogen-bond acceptors (Lipinski definition) is 6. The topological polar surface area (TPSA) is 110 Å². The van der Waals surface area contributed by atoms with Crippen LogP contribution in [0.2, 0.25) is 0 Å².